The molecule has 0 aromatic heterocycles. The lowest BCUT2D eigenvalue weighted by molar-refractivity contribution is -0.116. The van der Waals surface area contributed by atoms with Crippen LogP contribution in [0.25, 0.3) is 6.08 Å². The molecule has 2 N–H and O–H groups in total. The Morgan fingerprint density at radius 1 is 1.00 bits per heavy atom. The van der Waals surface area contributed by atoms with Gasteiger partial charge in [-0.05, 0) is 41.5 Å². The van der Waals surface area contributed by atoms with Crippen molar-refractivity contribution in [1.29, 1.82) is 0 Å². The van der Waals surface area contributed by atoms with Crippen LogP contribution in [-0.4, -0.2) is 37.6 Å². The van der Waals surface area contributed by atoms with Gasteiger partial charge in [-0.25, -0.2) is 0 Å². The number of fused-ring (bicyclic) bond motifs is 2. The van der Waals surface area contributed by atoms with Crippen molar-refractivity contribution in [2.24, 2.45) is 0 Å². The van der Waals surface area contributed by atoms with Gasteiger partial charge in [-0.2, -0.15) is 0 Å². The highest BCUT2D eigenvalue weighted by Crippen LogP contribution is 2.33. The smallest absolute Gasteiger partial charge is 0.244 e. The monoisotopic (exact) mass is 369 g/mol. The van der Waals surface area contributed by atoms with Crippen LogP contribution in [0.2, 0.25) is 0 Å². The van der Waals surface area contributed by atoms with Crippen LogP contribution < -0.4 is 24.3 Å². The molecule has 0 bridgehead atoms. The van der Waals surface area contributed by atoms with E-state index in [1.54, 1.807) is 36.4 Å². The van der Waals surface area contributed by atoms with Gasteiger partial charge in [0.2, 0.25) is 12.7 Å². The van der Waals surface area contributed by atoms with Gasteiger partial charge in [0.05, 0.1) is 6.10 Å². The second-order valence-electron chi connectivity index (χ2n) is 6.11. The lowest BCUT2D eigenvalue weighted by Crippen LogP contribution is -2.26. The fraction of sp³-hybridized carbons (Fsp3) is 0.250. The maximum absolute atomic E-state index is 12.0. The fourth-order valence-electron chi connectivity index (χ4n) is 2.83. The van der Waals surface area contributed by atoms with Crippen LogP contribution in [0.4, 0.5) is 0 Å². The van der Waals surface area contributed by atoms with Gasteiger partial charge in [-0.3, -0.25) is 4.79 Å². The molecule has 2 aromatic rings. The summed E-state index contributed by atoms with van der Waals surface area (Å²) in [4.78, 5) is 12.0. The maximum Gasteiger partial charge on any atom is 0.244 e. The molecule has 1 amide bonds. The third kappa shape index (κ3) is 3.98. The SMILES string of the molecule is O=C(/C=C/c1ccc2c(c1)OCO2)NC[C@@H](O)c1ccc2c(c1)OCCO2. The molecule has 7 heteroatoms. The Balaban J connectivity index is 1.32. The standard InChI is InChI=1S/C20H19NO6/c22-15(14-3-5-16-19(10-14)25-8-7-24-16)11-21-20(23)6-2-13-1-4-17-18(9-13)27-12-26-17/h1-6,9-10,15,22H,7-8,11-12H2,(H,21,23)/b6-2+/t15-/m1/s1. The second-order valence-corrected chi connectivity index (χ2v) is 6.11. The van der Waals surface area contributed by atoms with Gasteiger partial charge in [0.15, 0.2) is 23.0 Å². The first kappa shape index (κ1) is 17.2. The van der Waals surface area contributed by atoms with Crippen LogP contribution >= 0.6 is 0 Å². The van der Waals surface area contributed by atoms with Crippen molar-refractivity contribution in [2.45, 2.75) is 6.10 Å². The number of carbonyl (C=O) groups excluding carboxylic acids is 1. The van der Waals surface area contributed by atoms with Crippen molar-refractivity contribution in [1.82, 2.24) is 5.32 Å². The van der Waals surface area contributed by atoms with E-state index >= 15 is 0 Å². The van der Waals surface area contributed by atoms with E-state index in [0.717, 1.165) is 5.56 Å². The number of benzene rings is 2. The summed E-state index contributed by atoms with van der Waals surface area (Å²) in [6.45, 7) is 1.29. The van der Waals surface area contributed by atoms with Crippen LogP contribution in [0.3, 0.4) is 0 Å². The summed E-state index contributed by atoms with van der Waals surface area (Å²) in [5, 5.41) is 13.0. The van der Waals surface area contributed by atoms with Gasteiger partial charge in [-0.1, -0.05) is 12.1 Å². The molecular formula is C20H19NO6. The minimum atomic E-state index is -0.844. The number of aliphatic hydroxyl groups is 1. The van der Waals surface area contributed by atoms with E-state index in [4.69, 9.17) is 18.9 Å². The normalized spacial score (nSPS) is 15.6. The number of hydrogen-bond donors (Lipinski definition) is 2. The molecule has 0 unspecified atom stereocenters. The Kier molecular flexibility index (Phi) is 4.84. The number of amides is 1. The zero-order chi connectivity index (χ0) is 18.6. The molecule has 4 rings (SSSR count). The molecule has 0 fully saturated rings. The van der Waals surface area contributed by atoms with Gasteiger partial charge in [0.1, 0.15) is 13.2 Å². The van der Waals surface area contributed by atoms with Crippen molar-refractivity contribution < 1.29 is 28.8 Å². The summed E-state index contributed by atoms with van der Waals surface area (Å²) in [7, 11) is 0. The van der Waals surface area contributed by atoms with Crippen LogP contribution in [0.5, 0.6) is 23.0 Å². The number of nitrogens with one attached hydrogen (secondary N) is 1. The van der Waals surface area contributed by atoms with E-state index in [-0.39, 0.29) is 19.2 Å². The van der Waals surface area contributed by atoms with Gasteiger partial charge in [0, 0.05) is 12.6 Å². The van der Waals surface area contributed by atoms with Crippen LogP contribution in [-0.2, 0) is 4.79 Å². The largest absolute Gasteiger partial charge is 0.486 e. The highest BCUT2D eigenvalue weighted by molar-refractivity contribution is 5.91. The topological polar surface area (TPSA) is 86.3 Å². The van der Waals surface area contributed by atoms with Gasteiger partial charge in [0.25, 0.3) is 0 Å². The van der Waals surface area contributed by atoms with E-state index < -0.39 is 6.10 Å². The fourth-order valence-corrected chi connectivity index (χ4v) is 2.83. The molecule has 140 valence electrons. The minimum absolute atomic E-state index is 0.0873. The summed E-state index contributed by atoms with van der Waals surface area (Å²) < 4.78 is 21.5. The molecular weight excluding hydrogens is 350 g/mol. The van der Waals surface area contributed by atoms with Crippen molar-refractivity contribution >= 4 is 12.0 Å². The van der Waals surface area contributed by atoms with Gasteiger partial charge < -0.3 is 29.4 Å². The van der Waals surface area contributed by atoms with E-state index in [1.807, 2.05) is 6.07 Å². The van der Waals surface area contributed by atoms with Crippen LogP contribution in [0, 0.1) is 0 Å². The highest BCUT2D eigenvalue weighted by Gasteiger charge is 2.16. The maximum atomic E-state index is 12.0. The Morgan fingerprint density at radius 2 is 1.70 bits per heavy atom. The van der Waals surface area contributed by atoms with Gasteiger partial charge >= 0.3 is 0 Å². The van der Waals surface area contributed by atoms with E-state index in [2.05, 4.69) is 5.32 Å². The zero-order valence-electron chi connectivity index (χ0n) is 14.5. The molecule has 0 radical (unpaired) electrons. The predicted octanol–water partition coefficient (Wildman–Crippen LogP) is 2.05. The number of aliphatic hydroxyl groups excluding tert-OH is 1. The average molecular weight is 369 g/mol. The summed E-state index contributed by atoms with van der Waals surface area (Å²) in [5.41, 5.74) is 1.47. The molecule has 1 atom stereocenters. The van der Waals surface area contributed by atoms with Crippen molar-refractivity contribution in [2.75, 3.05) is 26.6 Å². The molecule has 0 saturated heterocycles. The third-order valence-electron chi connectivity index (χ3n) is 4.24. The quantitative estimate of drug-likeness (QED) is 0.785. The molecule has 2 heterocycles. The zero-order valence-corrected chi connectivity index (χ0v) is 14.5. The van der Waals surface area contributed by atoms with Crippen molar-refractivity contribution in [3.8, 4) is 23.0 Å². The summed E-state index contributed by atoms with van der Waals surface area (Å²) in [5.74, 6) is 2.31. The van der Waals surface area contributed by atoms with Crippen LogP contribution in [0.1, 0.15) is 17.2 Å². The van der Waals surface area contributed by atoms with Gasteiger partial charge in [-0.15, -0.1) is 0 Å². The summed E-state index contributed by atoms with van der Waals surface area (Å²) in [6, 6.07) is 10.7. The molecule has 2 aromatic carbocycles. The Labute approximate surface area is 156 Å². The van der Waals surface area contributed by atoms with E-state index in [1.165, 1.54) is 6.08 Å². The molecule has 0 aliphatic carbocycles. The lowest BCUT2D eigenvalue weighted by Gasteiger charge is -2.20. The van der Waals surface area contributed by atoms with Crippen LogP contribution in [0.15, 0.2) is 42.5 Å². The first-order valence-electron chi connectivity index (χ1n) is 8.62. The van der Waals surface area contributed by atoms with Crippen molar-refractivity contribution in [3.63, 3.8) is 0 Å². The Morgan fingerprint density at radius 3 is 2.59 bits per heavy atom. The number of rotatable bonds is 5. The predicted molar refractivity (Wildman–Crippen MR) is 97.0 cm³/mol. The first-order valence-corrected chi connectivity index (χ1v) is 8.62. The number of hydrogen-bond acceptors (Lipinski definition) is 6. The molecule has 2 aliphatic rings. The minimum Gasteiger partial charge on any atom is -0.486 e. The number of carbonyl (C=O) groups is 1. The summed E-state index contributed by atoms with van der Waals surface area (Å²) >= 11 is 0. The molecule has 0 spiro atoms. The Bertz CT molecular complexity index is 879. The average Bonchev–Trinajstić information content (AvgIpc) is 3.18. The second kappa shape index (κ2) is 7.59. The van der Waals surface area contributed by atoms with E-state index in [0.29, 0.717) is 41.8 Å². The first-order chi connectivity index (χ1) is 13.2. The molecule has 2 aliphatic heterocycles. The molecule has 27 heavy (non-hydrogen) atoms. The Hall–Kier alpha value is -3.19. The highest BCUT2D eigenvalue weighted by atomic mass is 16.7. The lowest BCUT2D eigenvalue weighted by atomic mass is 10.1. The van der Waals surface area contributed by atoms with E-state index in [9.17, 15) is 9.90 Å². The third-order valence-corrected chi connectivity index (χ3v) is 4.24. The van der Waals surface area contributed by atoms with Crippen molar-refractivity contribution in [3.05, 3.63) is 53.6 Å². The molecule has 7 nitrogen and oxygen atoms in total. The number of ether oxygens (including phenoxy) is 4. The summed E-state index contributed by atoms with van der Waals surface area (Å²) in [6.07, 6.45) is 2.24. The molecule has 0 saturated carbocycles.